The van der Waals surface area contributed by atoms with Crippen molar-refractivity contribution >= 4 is 0 Å². The molecule has 2 aromatic rings. The zero-order valence-electron chi connectivity index (χ0n) is 19.4. The number of benzene rings is 2. The van der Waals surface area contributed by atoms with Crippen molar-refractivity contribution in [1.82, 2.24) is 0 Å². The molecule has 0 atom stereocenters. The number of nitrogens with zero attached hydrogens (tertiary/aromatic N) is 1. The Kier molecular flexibility index (Phi) is 9.81. The Balaban J connectivity index is 0.000000186. The van der Waals surface area contributed by atoms with Gasteiger partial charge in [0.15, 0.2) is 0 Å². The number of ether oxygens (including phenoxy) is 1. The minimum Gasteiger partial charge on any atom is -0.381 e. The van der Waals surface area contributed by atoms with Gasteiger partial charge >= 0.3 is 0 Å². The minimum atomic E-state index is -0.565. The maximum absolute atomic E-state index is 13.3. The maximum atomic E-state index is 13.3. The van der Waals surface area contributed by atoms with Crippen LogP contribution < -0.4 is 0 Å². The fourth-order valence-electron chi connectivity index (χ4n) is 5.33. The molecule has 4 rings (SSSR count). The molecule has 0 heterocycles. The second kappa shape index (κ2) is 12.8. The molecule has 2 nitrogen and oxygen atoms in total. The molecular weight excluding hydrogens is 423 g/mol. The van der Waals surface area contributed by atoms with Gasteiger partial charge in [-0.1, -0.05) is 31.0 Å². The number of rotatable bonds is 5. The summed E-state index contributed by atoms with van der Waals surface area (Å²) >= 11 is 0. The van der Waals surface area contributed by atoms with Gasteiger partial charge in [-0.15, -0.1) is 0 Å². The fraction of sp³-hybridized carbons (Fsp3) is 0.536. The zero-order chi connectivity index (χ0) is 23.6. The van der Waals surface area contributed by atoms with Crippen LogP contribution in [0.4, 0.5) is 13.2 Å². The highest BCUT2D eigenvalue weighted by Crippen LogP contribution is 2.41. The lowest BCUT2D eigenvalue weighted by Gasteiger charge is -2.37. The molecule has 2 aliphatic rings. The summed E-state index contributed by atoms with van der Waals surface area (Å²) in [6.45, 7) is -0.117. The Morgan fingerprint density at radius 2 is 1.42 bits per heavy atom. The van der Waals surface area contributed by atoms with Crippen LogP contribution in [0.2, 0.25) is 0 Å². The van der Waals surface area contributed by atoms with Crippen LogP contribution >= 0.6 is 0 Å². The first-order valence-electron chi connectivity index (χ1n) is 12.1. The van der Waals surface area contributed by atoms with Crippen molar-refractivity contribution in [2.45, 2.75) is 63.9 Å². The van der Waals surface area contributed by atoms with E-state index >= 15 is 0 Å². The average molecular weight is 458 g/mol. The summed E-state index contributed by atoms with van der Waals surface area (Å²) in [6, 6.07) is 11.8. The summed E-state index contributed by atoms with van der Waals surface area (Å²) in [5.74, 6) is 1.66. The molecule has 0 amide bonds. The summed E-state index contributed by atoms with van der Waals surface area (Å²) in [6.07, 6.45) is 11.8. The Labute approximate surface area is 195 Å². The van der Waals surface area contributed by atoms with Crippen LogP contribution in [-0.2, 0) is 4.74 Å². The number of methoxy groups -OCH3 is 1. The lowest BCUT2D eigenvalue weighted by atomic mass is 9.70. The molecule has 0 spiro atoms. The van der Waals surface area contributed by atoms with Gasteiger partial charge in [0.25, 0.3) is 0 Å². The Hall–Kier alpha value is -2.32. The molecule has 0 N–H and O–H groups in total. The van der Waals surface area contributed by atoms with E-state index in [1.54, 1.807) is 24.3 Å². The van der Waals surface area contributed by atoms with Gasteiger partial charge in [0, 0.05) is 7.11 Å². The average Bonchev–Trinajstić information content (AvgIpc) is 2.86. The van der Waals surface area contributed by atoms with Crippen LogP contribution in [0.3, 0.4) is 0 Å². The third kappa shape index (κ3) is 7.33. The summed E-state index contributed by atoms with van der Waals surface area (Å²) in [5, 5.41) is 8.58. The molecule has 0 bridgehead atoms. The molecule has 0 saturated heterocycles. The largest absolute Gasteiger partial charge is 0.381 e. The predicted octanol–water partition coefficient (Wildman–Crippen LogP) is 7.86. The van der Waals surface area contributed by atoms with Gasteiger partial charge in [0.1, 0.15) is 17.7 Å². The van der Waals surface area contributed by atoms with Crippen molar-refractivity contribution in [1.29, 1.82) is 5.26 Å². The van der Waals surface area contributed by atoms with Crippen molar-refractivity contribution < 1.29 is 17.9 Å². The van der Waals surface area contributed by atoms with E-state index in [1.165, 1.54) is 75.6 Å². The Morgan fingerprint density at radius 1 is 0.848 bits per heavy atom. The van der Waals surface area contributed by atoms with Gasteiger partial charge in [-0.25, -0.2) is 8.78 Å². The number of hydrogen-bond donors (Lipinski definition) is 0. The van der Waals surface area contributed by atoms with Crippen LogP contribution in [0.1, 0.15) is 63.4 Å². The number of alkyl halides is 1. The molecule has 0 unspecified atom stereocenters. The highest BCUT2D eigenvalue weighted by molar-refractivity contribution is 5.64. The summed E-state index contributed by atoms with van der Waals surface area (Å²) in [7, 11) is 1.84. The molecule has 2 fully saturated rings. The van der Waals surface area contributed by atoms with Gasteiger partial charge in [-0.3, -0.25) is 4.39 Å². The molecule has 2 aliphatic carbocycles. The van der Waals surface area contributed by atoms with E-state index in [1.807, 2.05) is 7.11 Å². The molecule has 2 aromatic carbocycles. The van der Waals surface area contributed by atoms with Gasteiger partial charge in [0.2, 0.25) is 0 Å². The van der Waals surface area contributed by atoms with Crippen LogP contribution in [0.15, 0.2) is 42.5 Å². The standard InChI is InChI=1S/C15H27FO.C13H7F2N/c1-17-15-8-6-14(7-9-15)13-4-2-12(3-5-13)10-11-16;14-12-5-3-9(4-6-12)10-1-2-11(8-16)13(15)7-10/h12-15H,2-11H2,1H3;1-7H. The van der Waals surface area contributed by atoms with Crippen molar-refractivity contribution in [2.24, 2.45) is 17.8 Å². The summed E-state index contributed by atoms with van der Waals surface area (Å²) < 4.78 is 43.7. The fourth-order valence-corrected chi connectivity index (χ4v) is 5.33. The normalized spacial score (nSPS) is 24.9. The van der Waals surface area contributed by atoms with Crippen molar-refractivity contribution in [3.8, 4) is 17.2 Å². The topological polar surface area (TPSA) is 33.0 Å². The van der Waals surface area contributed by atoms with E-state index in [4.69, 9.17) is 10.00 Å². The quantitative estimate of drug-likeness (QED) is 0.458. The van der Waals surface area contributed by atoms with Crippen molar-refractivity contribution in [3.63, 3.8) is 0 Å². The SMILES string of the molecule is COC1CCC(C2CCC(CCF)CC2)CC1.N#Cc1ccc(-c2ccc(F)cc2)cc1F. The monoisotopic (exact) mass is 457 g/mol. The van der Waals surface area contributed by atoms with E-state index in [2.05, 4.69) is 0 Å². The predicted molar refractivity (Wildman–Crippen MR) is 125 cm³/mol. The molecule has 33 heavy (non-hydrogen) atoms. The summed E-state index contributed by atoms with van der Waals surface area (Å²) in [4.78, 5) is 0. The second-order valence-corrected chi connectivity index (χ2v) is 9.34. The first-order valence-corrected chi connectivity index (χ1v) is 12.1. The van der Waals surface area contributed by atoms with E-state index in [0.29, 0.717) is 23.1 Å². The molecule has 2 saturated carbocycles. The van der Waals surface area contributed by atoms with Crippen LogP contribution in [0.25, 0.3) is 11.1 Å². The third-order valence-electron chi connectivity index (χ3n) is 7.39. The van der Waals surface area contributed by atoms with Gasteiger partial charge in [0.05, 0.1) is 18.3 Å². The number of hydrogen-bond acceptors (Lipinski definition) is 2. The van der Waals surface area contributed by atoms with Crippen molar-refractivity contribution in [2.75, 3.05) is 13.8 Å². The van der Waals surface area contributed by atoms with Gasteiger partial charge in [-0.05, 0) is 98.1 Å². The van der Waals surface area contributed by atoms with Gasteiger partial charge < -0.3 is 4.74 Å². The van der Waals surface area contributed by atoms with E-state index in [-0.39, 0.29) is 18.1 Å². The molecule has 0 aromatic heterocycles. The van der Waals surface area contributed by atoms with Crippen LogP contribution in [0, 0.1) is 40.7 Å². The second-order valence-electron chi connectivity index (χ2n) is 9.34. The lowest BCUT2D eigenvalue weighted by Crippen LogP contribution is -2.28. The molecule has 5 heteroatoms. The van der Waals surface area contributed by atoms with E-state index in [9.17, 15) is 13.2 Å². The molecule has 0 aliphatic heterocycles. The smallest absolute Gasteiger partial charge is 0.141 e. The highest BCUT2D eigenvalue weighted by atomic mass is 19.1. The van der Waals surface area contributed by atoms with Crippen LogP contribution in [0.5, 0.6) is 0 Å². The minimum absolute atomic E-state index is 0.00543. The highest BCUT2D eigenvalue weighted by Gasteiger charge is 2.30. The Bertz CT molecular complexity index is 892. The number of halogens is 3. The van der Waals surface area contributed by atoms with Crippen LogP contribution in [-0.4, -0.2) is 19.9 Å². The summed E-state index contributed by atoms with van der Waals surface area (Å²) in [5.41, 5.74) is 1.34. The Morgan fingerprint density at radius 3 is 1.94 bits per heavy atom. The first kappa shape index (κ1) is 25.3. The molecule has 178 valence electrons. The lowest BCUT2D eigenvalue weighted by molar-refractivity contribution is 0.0390. The molecular formula is C28H34F3NO. The van der Waals surface area contributed by atoms with E-state index in [0.717, 1.165) is 18.3 Å². The molecule has 0 radical (unpaired) electrons. The number of nitriles is 1. The maximum Gasteiger partial charge on any atom is 0.141 e. The zero-order valence-corrected chi connectivity index (χ0v) is 19.4. The third-order valence-corrected chi connectivity index (χ3v) is 7.39. The van der Waals surface area contributed by atoms with Crippen molar-refractivity contribution in [3.05, 3.63) is 59.7 Å². The van der Waals surface area contributed by atoms with E-state index < -0.39 is 5.82 Å². The first-order chi connectivity index (χ1) is 16.0. The van der Waals surface area contributed by atoms with Gasteiger partial charge in [-0.2, -0.15) is 5.26 Å².